The van der Waals surface area contributed by atoms with E-state index in [0.717, 1.165) is 17.7 Å². The third-order valence-electron chi connectivity index (χ3n) is 2.59. The first-order valence-corrected chi connectivity index (χ1v) is 7.04. The van der Waals surface area contributed by atoms with E-state index in [1.54, 1.807) is 12.1 Å². The van der Waals surface area contributed by atoms with Gasteiger partial charge in [0.2, 0.25) is 0 Å². The van der Waals surface area contributed by atoms with Crippen molar-refractivity contribution >= 4 is 46.9 Å². The summed E-state index contributed by atoms with van der Waals surface area (Å²) in [5, 5.41) is 12.6. The van der Waals surface area contributed by atoms with Crippen LogP contribution in [0.25, 0.3) is 0 Å². The molecule has 1 heterocycles. The molecule has 1 aliphatic heterocycles. The minimum Gasteiger partial charge on any atom is -0.423 e. The maximum atomic E-state index is 11.6. The summed E-state index contributed by atoms with van der Waals surface area (Å²) < 4.78 is 5.08. The SMILES string of the molecule is CCCSC(=O)Nc1ccc2c(c1Cl)B(O)OC2. The standard InChI is InChI=1S/C11H13BClNO3S/c1-2-5-18-11(15)14-8-4-3-7-6-17-12(16)9(7)10(8)13/h3-4,16H,2,5-6H2,1H3,(H,14,15). The molecule has 96 valence electrons. The Hall–Kier alpha value is -0.685. The second-order valence-electron chi connectivity index (χ2n) is 3.92. The molecule has 4 nitrogen and oxygen atoms in total. The number of amides is 1. The van der Waals surface area contributed by atoms with Gasteiger partial charge in [-0.05, 0) is 18.1 Å². The van der Waals surface area contributed by atoms with Gasteiger partial charge in [-0.25, -0.2) is 0 Å². The molecular formula is C11H13BClNO3S. The molecule has 0 aromatic heterocycles. The first-order valence-electron chi connectivity index (χ1n) is 5.68. The van der Waals surface area contributed by atoms with Crippen LogP contribution in [0.5, 0.6) is 0 Å². The zero-order valence-corrected chi connectivity index (χ0v) is 11.5. The molecule has 0 aliphatic carbocycles. The number of halogens is 1. The van der Waals surface area contributed by atoms with Gasteiger partial charge in [0.05, 0.1) is 17.3 Å². The van der Waals surface area contributed by atoms with Crippen LogP contribution in [0.3, 0.4) is 0 Å². The molecule has 2 rings (SSSR count). The molecule has 0 saturated carbocycles. The molecule has 0 saturated heterocycles. The van der Waals surface area contributed by atoms with Crippen molar-refractivity contribution in [3.05, 3.63) is 22.7 Å². The van der Waals surface area contributed by atoms with Gasteiger partial charge in [0.15, 0.2) is 0 Å². The van der Waals surface area contributed by atoms with E-state index in [9.17, 15) is 9.82 Å². The monoisotopic (exact) mass is 285 g/mol. The van der Waals surface area contributed by atoms with E-state index < -0.39 is 7.12 Å². The molecule has 2 N–H and O–H groups in total. The molecule has 0 radical (unpaired) electrons. The normalized spacial score (nSPS) is 13.6. The van der Waals surface area contributed by atoms with Crippen LogP contribution in [0, 0.1) is 0 Å². The molecule has 18 heavy (non-hydrogen) atoms. The average Bonchev–Trinajstić information content (AvgIpc) is 2.73. The number of hydrogen-bond acceptors (Lipinski definition) is 4. The van der Waals surface area contributed by atoms with Gasteiger partial charge < -0.3 is 15.0 Å². The quantitative estimate of drug-likeness (QED) is 0.836. The van der Waals surface area contributed by atoms with Crippen LogP contribution in [0.4, 0.5) is 10.5 Å². The summed E-state index contributed by atoms with van der Waals surface area (Å²) in [7, 11) is -1.01. The van der Waals surface area contributed by atoms with Crippen LogP contribution in [0.15, 0.2) is 12.1 Å². The summed E-state index contributed by atoms with van der Waals surface area (Å²) >= 11 is 7.37. The number of anilines is 1. The Morgan fingerprint density at radius 2 is 2.44 bits per heavy atom. The number of hydrogen-bond donors (Lipinski definition) is 2. The average molecular weight is 286 g/mol. The van der Waals surface area contributed by atoms with Crippen molar-refractivity contribution < 1.29 is 14.5 Å². The Morgan fingerprint density at radius 3 is 3.17 bits per heavy atom. The number of benzene rings is 1. The highest BCUT2D eigenvalue weighted by molar-refractivity contribution is 8.13. The summed E-state index contributed by atoms with van der Waals surface area (Å²) in [5.74, 6) is 0.764. The summed E-state index contributed by atoms with van der Waals surface area (Å²) in [4.78, 5) is 11.6. The predicted molar refractivity (Wildman–Crippen MR) is 75.6 cm³/mol. The minimum atomic E-state index is -1.01. The lowest BCUT2D eigenvalue weighted by Gasteiger charge is -2.10. The fraction of sp³-hybridized carbons (Fsp3) is 0.364. The maximum absolute atomic E-state index is 11.6. The van der Waals surface area contributed by atoms with Gasteiger partial charge in [0, 0.05) is 11.2 Å². The van der Waals surface area contributed by atoms with Gasteiger partial charge in [-0.3, -0.25) is 4.79 Å². The van der Waals surface area contributed by atoms with E-state index in [4.69, 9.17) is 16.3 Å². The predicted octanol–water partition coefficient (Wildman–Crippen LogP) is 2.23. The number of carbonyl (C=O) groups is 1. The molecule has 0 spiro atoms. The zero-order valence-electron chi connectivity index (χ0n) is 9.90. The van der Waals surface area contributed by atoms with Gasteiger partial charge in [-0.2, -0.15) is 0 Å². The second-order valence-corrected chi connectivity index (χ2v) is 5.37. The van der Waals surface area contributed by atoms with Gasteiger partial charge in [-0.15, -0.1) is 0 Å². The fourth-order valence-electron chi connectivity index (χ4n) is 1.72. The van der Waals surface area contributed by atoms with Crippen molar-refractivity contribution in [3.8, 4) is 0 Å². The van der Waals surface area contributed by atoms with E-state index in [1.807, 2.05) is 6.92 Å². The van der Waals surface area contributed by atoms with Gasteiger partial charge in [0.1, 0.15) is 0 Å². The second kappa shape index (κ2) is 5.97. The topological polar surface area (TPSA) is 58.6 Å². The molecule has 1 aliphatic rings. The smallest absolute Gasteiger partial charge is 0.423 e. The minimum absolute atomic E-state index is 0.146. The van der Waals surface area contributed by atoms with Crippen molar-refractivity contribution in [1.29, 1.82) is 0 Å². The van der Waals surface area contributed by atoms with Crippen molar-refractivity contribution in [2.24, 2.45) is 0 Å². The Kier molecular flexibility index (Phi) is 4.56. The lowest BCUT2D eigenvalue weighted by atomic mass is 9.79. The first-order chi connectivity index (χ1) is 8.63. The van der Waals surface area contributed by atoms with Crippen LogP contribution in [0.1, 0.15) is 18.9 Å². The van der Waals surface area contributed by atoms with E-state index >= 15 is 0 Å². The van der Waals surface area contributed by atoms with E-state index in [1.165, 1.54) is 11.8 Å². The van der Waals surface area contributed by atoms with Gasteiger partial charge in [0.25, 0.3) is 5.24 Å². The molecule has 7 heteroatoms. The van der Waals surface area contributed by atoms with Crippen LogP contribution in [-0.4, -0.2) is 23.1 Å². The third-order valence-corrected chi connectivity index (χ3v) is 3.97. The molecule has 0 atom stereocenters. The lowest BCUT2D eigenvalue weighted by Crippen LogP contribution is -2.29. The number of carbonyl (C=O) groups excluding carboxylic acids is 1. The Balaban J connectivity index is 2.15. The highest BCUT2D eigenvalue weighted by atomic mass is 35.5. The summed E-state index contributed by atoms with van der Waals surface area (Å²) in [5.41, 5.74) is 1.91. The van der Waals surface area contributed by atoms with Crippen molar-refractivity contribution in [3.63, 3.8) is 0 Å². The number of nitrogens with one attached hydrogen (secondary N) is 1. The van der Waals surface area contributed by atoms with Gasteiger partial charge in [-0.1, -0.05) is 36.4 Å². The zero-order chi connectivity index (χ0) is 13.1. The number of fused-ring (bicyclic) bond motifs is 1. The number of thioether (sulfide) groups is 1. The number of rotatable bonds is 3. The van der Waals surface area contributed by atoms with Crippen molar-refractivity contribution in [2.75, 3.05) is 11.1 Å². The summed E-state index contributed by atoms with van der Waals surface area (Å²) in [6.07, 6.45) is 0.933. The summed E-state index contributed by atoms with van der Waals surface area (Å²) in [6.45, 7) is 2.35. The van der Waals surface area contributed by atoms with Crippen LogP contribution >= 0.6 is 23.4 Å². The Morgan fingerprint density at radius 1 is 1.67 bits per heavy atom. The van der Waals surface area contributed by atoms with Crippen molar-refractivity contribution in [1.82, 2.24) is 0 Å². The summed E-state index contributed by atoms with van der Waals surface area (Å²) in [6, 6.07) is 3.53. The van der Waals surface area contributed by atoms with Gasteiger partial charge >= 0.3 is 7.12 Å². The van der Waals surface area contributed by atoms with Crippen molar-refractivity contribution in [2.45, 2.75) is 20.0 Å². The molecule has 0 bridgehead atoms. The molecule has 0 fully saturated rings. The lowest BCUT2D eigenvalue weighted by molar-refractivity contribution is 0.269. The molecule has 1 aromatic carbocycles. The largest absolute Gasteiger partial charge is 0.493 e. The molecule has 1 aromatic rings. The van der Waals surface area contributed by atoms with Crippen LogP contribution < -0.4 is 10.8 Å². The Bertz CT molecular complexity index is 472. The highest BCUT2D eigenvalue weighted by Crippen LogP contribution is 2.26. The molecular weight excluding hydrogens is 272 g/mol. The van der Waals surface area contributed by atoms with Crippen LogP contribution in [-0.2, 0) is 11.3 Å². The molecule has 1 amide bonds. The fourth-order valence-corrected chi connectivity index (χ4v) is 2.61. The van der Waals surface area contributed by atoms with E-state index in [0.29, 0.717) is 22.8 Å². The Labute approximate surface area is 115 Å². The first kappa shape index (κ1) is 13.7. The van der Waals surface area contributed by atoms with E-state index in [2.05, 4.69) is 5.32 Å². The maximum Gasteiger partial charge on any atom is 0.493 e. The van der Waals surface area contributed by atoms with Crippen LogP contribution in [0.2, 0.25) is 5.02 Å². The molecule has 0 unspecified atom stereocenters. The highest BCUT2D eigenvalue weighted by Gasteiger charge is 2.31. The van der Waals surface area contributed by atoms with E-state index in [-0.39, 0.29) is 5.24 Å². The third kappa shape index (κ3) is 2.83.